The van der Waals surface area contributed by atoms with Crippen LogP contribution in [0, 0.1) is 0 Å². The van der Waals surface area contributed by atoms with Gasteiger partial charge in [-0.05, 0) is 26.3 Å². The highest BCUT2D eigenvalue weighted by molar-refractivity contribution is 5.85. The summed E-state index contributed by atoms with van der Waals surface area (Å²) in [5.74, 6) is -0.402. The Balaban J connectivity index is 2.61. The number of aliphatic hydroxyl groups is 1. The number of hydrogen-bond acceptors (Lipinski definition) is 3. The van der Waals surface area contributed by atoms with Crippen molar-refractivity contribution in [2.45, 2.75) is 32.0 Å². The molecule has 2 unspecified atom stereocenters. The van der Waals surface area contributed by atoms with E-state index in [1.54, 1.807) is 19.1 Å². The lowest BCUT2D eigenvalue weighted by molar-refractivity contribution is -0.152. The number of allylic oxidation sites excluding steroid dienone is 2. The van der Waals surface area contributed by atoms with Crippen molar-refractivity contribution in [1.29, 1.82) is 0 Å². The van der Waals surface area contributed by atoms with Gasteiger partial charge >= 0.3 is 5.97 Å². The summed E-state index contributed by atoms with van der Waals surface area (Å²) in [6.07, 6.45) is 6.22. The van der Waals surface area contributed by atoms with Crippen molar-refractivity contribution in [2.24, 2.45) is 0 Å². The topological polar surface area (TPSA) is 46.5 Å². The Bertz CT molecular complexity index is 328. The Labute approximate surface area is 89.7 Å². The minimum atomic E-state index is -0.894. The minimum absolute atomic E-state index is 0.402. The summed E-state index contributed by atoms with van der Waals surface area (Å²) in [5.41, 5.74) is 0.0978. The summed E-state index contributed by atoms with van der Waals surface area (Å²) >= 11 is 0. The Kier molecular flexibility index (Phi) is 3.48. The van der Waals surface area contributed by atoms with E-state index in [1.807, 2.05) is 13.0 Å². The molecule has 0 amide bonds. The molecule has 2 atom stereocenters. The van der Waals surface area contributed by atoms with E-state index in [2.05, 4.69) is 6.58 Å². The van der Waals surface area contributed by atoms with Crippen molar-refractivity contribution in [1.82, 2.24) is 0 Å². The smallest absolute Gasteiger partial charge is 0.331 e. The van der Waals surface area contributed by atoms with Crippen LogP contribution in [0.1, 0.15) is 20.3 Å². The van der Waals surface area contributed by atoms with Gasteiger partial charge in [-0.3, -0.25) is 0 Å². The monoisotopic (exact) mass is 208 g/mol. The van der Waals surface area contributed by atoms with Crippen LogP contribution in [0.4, 0.5) is 0 Å². The van der Waals surface area contributed by atoms with Crippen LogP contribution in [-0.4, -0.2) is 22.8 Å². The summed E-state index contributed by atoms with van der Waals surface area (Å²) < 4.78 is 5.02. The van der Waals surface area contributed by atoms with Gasteiger partial charge in [0, 0.05) is 6.08 Å². The van der Waals surface area contributed by atoms with Gasteiger partial charge in [-0.25, -0.2) is 4.79 Å². The first-order valence-electron chi connectivity index (χ1n) is 4.87. The first-order chi connectivity index (χ1) is 6.98. The van der Waals surface area contributed by atoms with Crippen LogP contribution in [0.2, 0.25) is 0 Å². The van der Waals surface area contributed by atoms with Gasteiger partial charge in [-0.15, -0.1) is 0 Å². The molecule has 1 N–H and O–H groups in total. The van der Waals surface area contributed by atoms with Gasteiger partial charge in [0.25, 0.3) is 0 Å². The predicted molar refractivity (Wildman–Crippen MR) is 58.2 cm³/mol. The second-order valence-corrected chi connectivity index (χ2v) is 3.84. The van der Waals surface area contributed by atoms with Gasteiger partial charge in [0.2, 0.25) is 0 Å². The molecule has 0 saturated carbocycles. The fourth-order valence-electron chi connectivity index (χ4n) is 1.31. The quantitative estimate of drug-likeness (QED) is 0.565. The second-order valence-electron chi connectivity index (χ2n) is 3.84. The molecular weight excluding hydrogens is 192 g/mol. The molecule has 0 aliphatic carbocycles. The number of rotatable bonds is 4. The van der Waals surface area contributed by atoms with Gasteiger partial charge in [-0.2, -0.15) is 0 Å². The van der Waals surface area contributed by atoms with E-state index in [9.17, 15) is 9.90 Å². The molecule has 1 aliphatic heterocycles. The molecule has 0 fully saturated rings. The molecule has 0 saturated heterocycles. The first kappa shape index (κ1) is 11.7. The zero-order chi connectivity index (χ0) is 11.5. The Morgan fingerprint density at radius 1 is 1.80 bits per heavy atom. The van der Waals surface area contributed by atoms with Crippen molar-refractivity contribution >= 4 is 5.97 Å². The molecule has 0 radical (unpaired) electrons. The summed E-state index contributed by atoms with van der Waals surface area (Å²) in [7, 11) is 0. The summed E-state index contributed by atoms with van der Waals surface area (Å²) in [4.78, 5) is 10.9. The second kappa shape index (κ2) is 4.45. The number of esters is 1. The van der Waals surface area contributed by atoms with E-state index in [-0.39, 0.29) is 0 Å². The van der Waals surface area contributed by atoms with Gasteiger partial charge < -0.3 is 9.84 Å². The molecule has 1 heterocycles. The van der Waals surface area contributed by atoms with Crippen LogP contribution >= 0.6 is 0 Å². The number of carbonyl (C=O) groups excluding carboxylic acids is 1. The van der Waals surface area contributed by atoms with Gasteiger partial charge in [0.1, 0.15) is 6.10 Å². The molecule has 1 rings (SSSR count). The zero-order valence-corrected chi connectivity index (χ0v) is 9.06. The number of cyclic esters (lactones) is 1. The first-order valence-corrected chi connectivity index (χ1v) is 4.87. The molecule has 0 aromatic rings. The van der Waals surface area contributed by atoms with Gasteiger partial charge in [0.15, 0.2) is 5.60 Å². The lowest BCUT2D eigenvalue weighted by atomic mass is 9.96. The molecule has 1 aliphatic rings. The van der Waals surface area contributed by atoms with Crippen molar-refractivity contribution < 1.29 is 14.6 Å². The average molecular weight is 208 g/mol. The summed E-state index contributed by atoms with van der Waals surface area (Å²) in [6.45, 7) is 7.21. The summed E-state index contributed by atoms with van der Waals surface area (Å²) in [5, 5.41) is 9.86. The van der Waals surface area contributed by atoms with Crippen LogP contribution in [0.15, 0.2) is 36.5 Å². The molecule has 3 nitrogen and oxygen atoms in total. The van der Waals surface area contributed by atoms with Crippen molar-refractivity contribution in [3.63, 3.8) is 0 Å². The van der Waals surface area contributed by atoms with Crippen LogP contribution in [0.5, 0.6) is 0 Å². The third-order valence-electron chi connectivity index (χ3n) is 2.52. The van der Waals surface area contributed by atoms with Gasteiger partial charge in [-0.1, -0.05) is 24.3 Å². The molecular formula is C12H16O3. The van der Waals surface area contributed by atoms with Crippen LogP contribution in [0.3, 0.4) is 0 Å². The predicted octanol–water partition coefficient (Wildman–Crippen LogP) is 1.74. The van der Waals surface area contributed by atoms with Crippen LogP contribution in [0.25, 0.3) is 0 Å². The maximum Gasteiger partial charge on any atom is 0.331 e. The maximum atomic E-state index is 10.9. The van der Waals surface area contributed by atoms with Crippen LogP contribution < -0.4 is 0 Å². The molecule has 3 heteroatoms. The molecule has 0 spiro atoms. The zero-order valence-electron chi connectivity index (χ0n) is 9.06. The van der Waals surface area contributed by atoms with E-state index in [0.717, 1.165) is 5.57 Å². The SMILES string of the molecule is C=C/C(C)=C/CC(O)C1(C)C=CC(=O)O1. The average Bonchev–Trinajstić information content (AvgIpc) is 2.55. The van der Waals surface area contributed by atoms with Crippen molar-refractivity contribution in [3.8, 4) is 0 Å². The highest BCUT2D eigenvalue weighted by atomic mass is 16.6. The lowest BCUT2D eigenvalue weighted by Crippen LogP contribution is -2.38. The van der Waals surface area contributed by atoms with E-state index in [0.29, 0.717) is 6.42 Å². The van der Waals surface area contributed by atoms with Gasteiger partial charge in [0.05, 0.1) is 0 Å². The third-order valence-corrected chi connectivity index (χ3v) is 2.52. The third kappa shape index (κ3) is 2.80. The Morgan fingerprint density at radius 3 is 2.93 bits per heavy atom. The minimum Gasteiger partial charge on any atom is -0.449 e. The normalized spacial score (nSPS) is 27.7. The fourth-order valence-corrected chi connectivity index (χ4v) is 1.31. The summed E-state index contributed by atoms with van der Waals surface area (Å²) in [6, 6.07) is 0. The number of carbonyl (C=O) groups is 1. The number of ether oxygens (including phenoxy) is 1. The highest BCUT2D eigenvalue weighted by Crippen LogP contribution is 2.25. The Hall–Kier alpha value is -1.35. The lowest BCUT2D eigenvalue weighted by Gasteiger charge is -2.26. The van der Waals surface area contributed by atoms with Crippen molar-refractivity contribution in [2.75, 3.05) is 0 Å². The van der Waals surface area contributed by atoms with E-state index in [1.165, 1.54) is 6.08 Å². The largest absolute Gasteiger partial charge is 0.449 e. The molecule has 15 heavy (non-hydrogen) atoms. The Morgan fingerprint density at radius 2 is 2.47 bits per heavy atom. The number of hydrogen-bond donors (Lipinski definition) is 1. The number of aliphatic hydroxyl groups excluding tert-OH is 1. The van der Waals surface area contributed by atoms with E-state index >= 15 is 0 Å². The molecule has 0 aromatic carbocycles. The molecule has 82 valence electrons. The fraction of sp³-hybridized carbons (Fsp3) is 0.417. The maximum absolute atomic E-state index is 10.9. The molecule has 0 aromatic heterocycles. The van der Waals surface area contributed by atoms with Crippen LogP contribution in [-0.2, 0) is 9.53 Å². The highest BCUT2D eigenvalue weighted by Gasteiger charge is 2.37. The van der Waals surface area contributed by atoms with E-state index < -0.39 is 17.7 Å². The standard InChI is InChI=1S/C12H16O3/c1-4-9(2)5-6-10(13)12(3)8-7-11(14)15-12/h4-5,7-8,10,13H,1,6H2,2-3H3/b9-5+. The van der Waals surface area contributed by atoms with E-state index in [4.69, 9.17) is 4.74 Å². The molecule has 0 bridgehead atoms. The van der Waals surface area contributed by atoms with Crippen molar-refractivity contribution in [3.05, 3.63) is 36.5 Å².